The van der Waals surface area contributed by atoms with Crippen LogP contribution in [0.2, 0.25) is 0 Å². The molecule has 1 rings (SSSR count). The van der Waals surface area contributed by atoms with Crippen molar-refractivity contribution in [3.63, 3.8) is 0 Å². The van der Waals surface area contributed by atoms with Crippen molar-refractivity contribution >= 4 is 10.0 Å². The molecule has 0 fully saturated rings. The molecule has 0 amide bonds. The number of sulfonamides is 1. The maximum absolute atomic E-state index is 11.8. The Morgan fingerprint density at radius 1 is 1.24 bits per heavy atom. The van der Waals surface area contributed by atoms with Gasteiger partial charge in [-0.15, -0.1) is 0 Å². The molecule has 0 bridgehead atoms. The topological polar surface area (TPSA) is 66.4 Å². The van der Waals surface area contributed by atoms with Crippen molar-refractivity contribution in [1.29, 1.82) is 0 Å². The average molecular weight is 257 g/mol. The van der Waals surface area contributed by atoms with Crippen molar-refractivity contribution in [2.75, 3.05) is 12.4 Å². The second kappa shape index (κ2) is 6.14. The predicted octanol–water partition coefficient (Wildman–Crippen LogP) is 1.09. The van der Waals surface area contributed by atoms with Crippen molar-refractivity contribution < 1.29 is 13.5 Å². The van der Waals surface area contributed by atoms with Crippen LogP contribution in [0.4, 0.5) is 0 Å². The molecule has 1 aromatic rings. The van der Waals surface area contributed by atoms with E-state index in [0.717, 1.165) is 5.56 Å². The minimum absolute atomic E-state index is 0.0291. The van der Waals surface area contributed by atoms with Crippen LogP contribution in [-0.4, -0.2) is 31.9 Å². The van der Waals surface area contributed by atoms with Crippen molar-refractivity contribution in [3.05, 3.63) is 35.9 Å². The van der Waals surface area contributed by atoms with E-state index < -0.39 is 16.1 Å². The lowest BCUT2D eigenvalue weighted by molar-refractivity contribution is 0.265. The van der Waals surface area contributed by atoms with Crippen LogP contribution in [0.25, 0.3) is 0 Å². The quantitative estimate of drug-likeness (QED) is 0.801. The lowest BCUT2D eigenvalue weighted by Crippen LogP contribution is -2.37. The Hall–Kier alpha value is -0.910. The third-order valence-corrected chi connectivity index (χ3v) is 4.19. The van der Waals surface area contributed by atoms with E-state index in [1.165, 1.54) is 0 Å². The monoisotopic (exact) mass is 257 g/mol. The average Bonchev–Trinajstić information content (AvgIpc) is 2.28. The van der Waals surface area contributed by atoms with Gasteiger partial charge in [-0.25, -0.2) is 13.1 Å². The Bertz CT molecular complexity index is 430. The second-order valence-corrected chi connectivity index (χ2v) is 6.09. The highest BCUT2D eigenvalue weighted by Crippen LogP contribution is 2.16. The molecule has 0 aromatic heterocycles. The molecule has 0 aliphatic rings. The van der Waals surface area contributed by atoms with Gasteiger partial charge in [-0.3, -0.25) is 0 Å². The number of aliphatic hydroxyl groups is 1. The summed E-state index contributed by atoms with van der Waals surface area (Å²) in [5, 5.41) is 8.82. The van der Waals surface area contributed by atoms with Crippen molar-refractivity contribution in [1.82, 2.24) is 4.72 Å². The van der Waals surface area contributed by atoms with E-state index in [9.17, 15) is 8.42 Å². The largest absolute Gasteiger partial charge is 0.395 e. The Balaban J connectivity index is 2.65. The van der Waals surface area contributed by atoms with E-state index in [2.05, 4.69) is 4.72 Å². The van der Waals surface area contributed by atoms with Gasteiger partial charge in [0.1, 0.15) is 0 Å². The fourth-order valence-electron chi connectivity index (χ4n) is 1.60. The highest BCUT2D eigenvalue weighted by Gasteiger charge is 2.18. The molecule has 17 heavy (non-hydrogen) atoms. The number of rotatable bonds is 6. The molecule has 0 spiro atoms. The fraction of sp³-hybridized carbons (Fsp3) is 0.500. The minimum Gasteiger partial charge on any atom is -0.395 e. The van der Waals surface area contributed by atoms with Crippen molar-refractivity contribution in [2.24, 2.45) is 0 Å². The van der Waals surface area contributed by atoms with Gasteiger partial charge >= 0.3 is 0 Å². The first-order valence-corrected chi connectivity index (χ1v) is 7.25. The van der Waals surface area contributed by atoms with Gasteiger partial charge in [0, 0.05) is 6.04 Å². The summed E-state index contributed by atoms with van der Waals surface area (Å²) in [5.41, 5.74) is 0.995. The van der Waals surface area contributed by atoms with Gasteiger partial charge in [-0.2, -0.15) is 0 Å². The number of hydrogen-bond donors (Lipinski definition) is 2. The summed E-state index contributed by atoms with van der Waals surface area (Å²) in [6, 6.07) is 9.06. The molecule has 96 valence electrons. The zero-order valence-corrected chi connectivity index (χ0v) is 10.9. The van der Waals surface area contributed by atoms with Gasteiger partial charge in [0.05, 0.1) is 12.4 Å². The predicted molar refractivity (Wildman–Crippen MR) is 68.3 cm³/mol. The van der Waals surface area contributed by atoms with Gasteiger partial charge in [0.25, 0.3) is 0 Å². The van der Waals surface area contributed by atoms with Crippen LogP contribution in [0.5, 0.6) is 0 Å². The van der Waals surface area contributed by atoms with Crippen LogP contribution in [0, 0.1) is 0 Å². The highest BCUT2D eigenvalue weighted by atomic mass is 32.2. The summed E-state index contributed by atoms with van der Waals surface area (Å²) in [6.45, 7) is 3.31. The van der Waals surface area contributed by atoms with E-state index in [1.54, 1.807) is 6.92 Å². The molecule has 0 saturated heterocycles. The van der Waals surface area contributed by atoms with E-state index in [4.69, 9.17) is 5.11 Å². The van der Waals surface area contributed by atoms with E-state index in [0.29, 0.717) is 0 Å². The minimum atomic E-state index is -3.35. The summed E-state index contributed by atoms with van der Waals surface area (Å²) in [7, 11) is -3.35. The SMILES string of the molecule is CC(CS(=O)(=O)N[C@H](C)CO)c1ccccc1. The fourth-order valence-corrected chi connectivity index (χ4v) is 3.23. The number of benzene rings is 1. The lowest BCUT2D eigenvalue weighted by Gasteiger charge is -2.15. The Morgan fingerprint density at radius 2 is 1.82 bits per heavy atom. The molecule has 2 N–H and O–H groups in total. The lowest BCUT2D eigenvalue weighted by atomic mass is 10.0. The van der Waals surface area contributed by atoms with Crippen LogP contribution >= 0.6 is 0 Å². The molecule has 2 atom stereocenters. The Labute approximate surface area is 103 Å². The van der Waals surface area contributed by atoms with Crippen LogP contribution < -0.4 is 4.72 Å². The third-order valence-electron chi connectivity index (χ3n) is 2.49. The summed E-state index contributed by atoms with van der Waals surface area (Å²) < 4.78 is 26.0. The van der Waals surface area contributed by atoms with E-state index >= 15 is 0 Å². The Morgan fingerprint density at radius 3 is 2.35 bits per heavy atom. The van der Waals surface area contributed by atoms with Gasteiger partial charge < -0.3 is 5.11 Å². The third kappa shape index (κ3) is 4.85. The Kier molecular flexibility index (Phi) is 5.11. The molecule has 0 radical (unpaired) electrons. The van der Waals surface area contributed by atoms with Crippen molar-refractivity contribution in [2.45, 2.75) is 25.8 Å². The number of nitrogens with one attached hydrogen (secondary N) is 1. The molecule has 1 aromatic carbocycles. The second-order valence-electron chi connectivity index (χ2n) is 4.29. The van der Waals surface area contributed by atoms with Crippen LogP contribution in [-0.2, 0) is 10.0 Å². The van der Waals surface area contributed by atoms with Gasteiger partial charge in [-0.05, 0) is 18.4 Å². The molecule has 4 nitrogen and oxygen atoms in total. The van der Waals surface area contributed by atoms with E-state index in [-0.39, 0.29) is 18.3 Å². The first-order chi connectivity index (χ1) is 7.94. The molecule has 0 heterocycles. The van der Waals surface area contributed by atoms with Crippen LogP contribution in [0.3, 0.4) is 0 Å². The summed E-state index contributed by atoms with van der Waals surface area (Å²) in [5.74, 6) is -0.0407. The zero-order valence-electron chi connectivity index (χ0n) is 10.1. The highest BCUT2D eigenvalue weighted by molar-refractivity contribution is 7.89. The molecule has 1 unspecified atom stereocenters. The maximum Gasteiger partial charge on any atom is 0.212 e. The molecular weight excluding hydrogens is 238 g/mol. The normalized spacial score (nSPS) is 15.5. The first-order valence-electron chi connectivity index (χ1n) is 5.60. The number of aliphatic hydroxyl groups excluding tert-OH is 1. The van der Waals surface area contributed by atoms with E-state index in [1.807, 2.05) is 37.3 Å². The zero-order chi connectivity index (χ0) is 12.9. The van der Waals surface area contributed by atoms with Gasteiger partial charge in [0.2, 0.25) is 10.0 Å². The molecule has 0 aliphatic heterocycles. The standard InChI is InChI=1S/C12H19NO3S/c1-10(12-6-4-3-5-7-12)9-17(15,16)13-11(2)8-14/h3-7,10-11,13-14H,8-9H2,1-2H3/t10?,11-/m1/s1. The molecular formula is C12H19NO3S. The summed E-state index contributed by atoms with van der Waals surface area (Å²) in [6.07, 6.45) is 0. The first kappa shape index (κ1) is 14.2. The maximum atomic E-state index is 11.8. The summed E-state index contributed by atoms with van der Waals surface area (Å²) >= 11 is 0. The van der Waals surface area contributed by atoms with Crippen LogP contribution in [0.1, 0.15) is 25.3 Å². The summed E-state index contributed by atoms with van der Waals surface area (Å²) in [4.78, 5) is 0. The smallest absolute Gasteiger partial charge is 0.212 e. The molecule has 0 saturated carbocycles. The van der Waals surface area contributed by atoms with Crippen molar-refractivity contribution in [3.8, 4) is 0 Å². The molecule has 5 heteroatoms. The molecule has 0 aliphatic carbocycles. The van der Waals surface area contributed by atoms with Crippen LogP contribution in [0.15, 0.2) is 30.3 Å². The number of hydrogen-bond acceptors (Lipinski definition) is 3. The van der Waals surface area contributed by atoms with Gasteiger partial charge in [0.15, 0.2) is 0 Å². The van der Waals surface area contributed by atoms with Gasteiger partial charge in [-0.1, -0.05) is 37.3 Å².